The third-order valence-corrected chi connectivity index (χ3v) is 7.54. The Morgan fingerprint density at radius 1 is 1.03 bits per heavy atom. The van der Waals surface area contributed by atoms with E-state index >= 15 is 0 Å². The van der Waals surface area contributed by atoms with Gasteiger partial charge in [-0.3, -0.25) is 4.90 Å². The van der Waals surface area contributed by atoms with Crippen LogP contribution in [-0.4, -0.2) is 17.5 Å². The Kier molecular flexibility index (Phi) is 9.44. The molecule has 0 spiro atoms. The van der Waals surface area contributed by atoms with Crippen molar-refractivity contribution in [2.24, 2.45) is 5.92 Å². The molecule has 178 valence electrons. The maximum Gasteiger partial charge on any atom is 0.159 e. The summed E-state index contributed by atoms with van der Waals surface area (Å²) in [6.45, 7) is 6.31. The number of benzene rings is 2. The van der Waals surface area contributed by atoms with Gasteiger partial charge in [-0.2, -0.15) is 5.26 Å². The SMILES string of the molecule is CCCN(Cc1ccccc1)C(CC)CCC(C#N)(c1ccc(F)c(F)c1)C1CCCCC1. The van der Waals surface area contributed by atoms with Gasteiger partial charge in [0.25, 0.3) is 0 Å². The van der Waals surface area contributed by atoms with E-state index in [-0.39, 0.29) is 5.92 Å². The lowest BCUT2D eigenvalue weighted by Gasteiger charge is -2.40. The topological polar surface area (TPSA) is 27.0 Å². The summed E-state index contributed by atoms with van der Waals surface area (Å²) in [5.74, 6) is -1.52. The van der Waals surface area contributed by atoms with Crippen LogP contribution in [0.1, 0.15) is 82.8 Å². The summed E-state index contributed by atoms with van der Waals surface area (Å²) in [5.41, 5.74) is 1.17. The molecule has 0 saturated heterocycles. The van der Waals surface area contributed by atoms with E-state index in [9.17, 15) is 14.0 Å². The summed E-state index contributed by atoms with van der Waals surface area (Å²) < 4.78 is 28.0. The fraction of sp³-hybridized carbons (Fsp3) is 0.552. The van der Waals surface area contributed by atoms with Gasteiger partial charge in [-0.25, -0.2) is 8.78 Å². The molecule has 4 heteroatoms. The van der Waals surface area contributed by atoms with Gasteiger partial charge in [-0.1, -0.05) is 69.5 Å². The predicted octanol–water partition coefficient (Wildman–Crippen LogP) is 7.78. The van der Waals surface area contributed by atoms with Crippen molar-refractivity contribution in [2.75, 3.05) is 6.54 Å². The van der Waals surface area contributed by atoms with Crippen LogP contribution in [0.2, 0.25) is 0 Å². The molecule has 1 fully saturated rings. The molecule has 0 bridgehead atoms. The minimum atomic E-state index is -0.855. The van der Waals surface area contributed by atoms with Gasteiger partial charge in [0.1, 0.15) is 0 Å². The summed E-state index contributed by atoms with van der Waals surface area (Å²) in [4.78, 5) is 2.53. The van der Waals surface area contributed by atoms with Gasteiger partial charge in [0.05, 0.1) is 11.5 Å². The average molecular weight is 453 g/mol. The van der Waals surface area contributed by atoms with Gasteiger partial charge in [0.2, 0.25) is 0 Å². The molecular formula is C29H38F2N2. The monoisotopic (exact) mass is 452 g/mol. The van der Waals surface area contributed by atoms with Crippen molar-refractivity contribution in [3.63, 3.8) is 0 Å². The van der Waals surface area contributed by atoms with Crippen LogP contribution in [0, 0.1) is 28.9 Å². The van der Waals surface area contributed by atoms with Gasteiger partial charge in [0, 0.05) is 12.6 Å². The van der Waals surface area contributed by atoms with E-state index in [4.69, 9.17) is 0 Å². The van der Waals surface area contributed by atoms with E-state index in [1.807, 2.05) is 6.07 Å². The highest BCUT2D eigenvalue weighted by molar-refractivity contribution is 5.35. The molecule has 33 heavy (non-hydrogen) atoms. The van der Waals surface area contributed by atoms with Crippen molar-refractivity contribution < 1.29 is 8.78 Å². The number of hydrogen-bond donors (Lipinski definition) is 0. The maximum atomic E-state index is 14.3. The largest absolute Gasteiger partial charge is 0.296 e. The molecule has 2 aromatic rings. The lowest BCUT2D eigenvalue weighted by molar-refractivity contribution is 0.151. The van der Waals surface area contributed by atoms with E-state index in [0.29, 0.717) is 18.0 Å². The zero-order valence-electron chi connectivity index (χ0n) is 20.2. The first kappa shape index (κ1) is 25.4. The van der Waals surface area contributed by atoms with Crippen LogP contribution in [-0.2, 0) is 12.0 Å². The Bertz CT molecular complexity index is 902. The van der Waals surface area contributed by atoms with E-state index < -0.39 is 17.0 Å². The highest BCUT2D eigenvalue weighted by Crippen LogP contribution is 2.45. The van der Waals surface area contributed by atoms with Gasteiger partial charge in [0.15, 0.2) is 11.6 Å². The van der Waals surface area contributed by atoms with Crippen LogP contribution in [0.4, 0.5) is 8.78 Å². The molecule has 2 unspecified atom stereocenters. The summed E-state index contributed by atoms with van der Waals surface area (Å²) in [5, 5.41) is 10.5. The number of hydrogen-bond acceptors (Lipinski definition) is 2. The molecule has 2 aromatic carbocycles. The predicted molar refractivity (Wildman–Crippen MR) is 131 cm³/mol. The number of nitriles is 1. The lowest BCUT2D eigenvalue weighted by Crippen LogP contribution is -2.40. The molecule has 0 aromatic heterocycles. The molecule has 0 amide bonds. The average Bonchev–Trinajstić information content (AvgIpc) is 2.85. The molecule has 1 aliphatic carbocycles. The molecule has 2 nitrogen and oxygen atoms in total. The van der Waals surface area contributed by atoms with Crippen LogP contribution in [0.3, 0.4) is 0 Å². The molecule has 1 aliphatic rings. The number of rotatable bonds is 11. The number of halogens is 2. The summed E-state index contributed by atoms with van der Waals surface area (Å²) >= 11 is 0. The van der Waals surface area contributed by atoms with Crippen molar-refractivity contribution in [1.29, 1.82) is 5.26 Å². The molecular weight excluding hydrogens is 414 g/mol. The quantitative estimate of drug-likeness (QED) is 0.348. The Labute approximate surface area is 198 Å². The van der Waals surface area contributed by atoms with Crippen LogP contribution >= 0.6 is 0 Å². The highest BCUT2D eigenvalue weighted by atomic mass is 19.2. The first-order valence-corrected chi connectivity index (χ1v) is 12.7. The maximum absolute atomic E-state index is 14.3. The Morgan fingerprint density at radius 3 is 2.36 bits per heavy atom. The fourth-order valence-corrected chi connectivity index (χ4v) is 5.70. The standard InChI is InChI=1S/C29H38F2N2/c1-3-19-33(21-23-11-7-5-8-12-23)26(4-2)17-18-29(22-32,24-13-9-6-10-14-24)25-15-16-27(30)28(31)20-25/h5,7-8,11-12,15-16,20,24,26H,3-4,6,9-10,13-14,17-19,21H2,1-2H3. The molecule has 0 aliphatic heterocycles. The molecule has 0 N–H and O–H groups in total. The normalized spacial score (nSPS) is 17.5. The van der Waals surface area contributed by atoms with E-state index in [0.717, 1.165) is 58.0 Å². The fourth-order valence-electron chi connectivity index (χ4n) is 5.70. The number of nitrogens with zero attached hydrogens (tertiary/aromatic N) is 2. The van der Waals surface area contributed by atoms with Crippen molar-refractivity contribution in [3.05, 3.63) is 71.3 Å². The van der Waals surface area contributed by atoms with E-state index in [2.05, 4.69) is 49.1 Å². The van der Waals surface area contributed by atoms with Crippen LogP contribution in [0.15, 0.2) is 48.5 Å². The van der Waals surface area contributed by atoms with Gasteiger partial charge in [-0.05, 0) is 74.2 Å². The third-order valence-electron chi connectivity index (χ3n) is 7.54. The van der Waals surface area contributed by atoms with Gasteiger partial charge < -0.3 is 0 Å². The molecule has 0 heterocycles. The first-order chi connectivity index (χ1) is 16.0. The zero-order chi connectivity index (χ0) is 23.7. The van der Waals surface area contributed by atoms with Crippen molar-refractivity contribution >= 4 is 0 Å². The Balaban J connectivity index is 1.87. The van der Waals surface area contributed by atoms with Crippen LogP contribution in [0.5, 0.6) is 0 Å². The molecule has 2 atom stereocenters. The summed E-state index contributed by atoms with van der Waals surface area (Å²) in [6, 6.07) is 17.6. The zero-order valence-corrected chi connectivity index (χ0v) is 20.2. The molecule has 3 rings (SSSR count). The third kappa shape index (κ3) is 6.21. The Hall–Kier alpha value is -2.25. The lowest BCUT2D eigenvalue weighted by atomic mass is 9.63. The van der Waals surface area contributed by atoms with Gasteiger partial charge in [-0.15, -0.1) is 0 Å². The first-order valence-electron chi connectivity index (χ1n) is 12.7. The van der Waals surface area contributed by atoms with Gasteiger partial charge >= 0.3 is 0 Å². The van der Waals surface area contributed by atoms with Crippen molar-refractivity contribution in [1.82, 2.24) is 4.90 Å². The van der Waals surface area contributed by atoms with E-state index in [1.165, 1.54) is 24.1 Å². The van der Waals surface area contributed by atoms with E-state index in [1.54, 1.807) is 6.07 Å². The second-order valence-corrected chi connectivity index (χ2v) is 9.60. The van der Waals surface area contributed by atoms with Crippen molar-refractivity contribution in [3.8, 4) is 6.07 Å². The second kappa shape index (κ2) is 12.3. The van der Waals surface area contributed by atoms with Crippen LogP contribution in [0.25, 0.3) is 0 Å². The smallest absolute Gasteiger partial charge is 0.159 e. The Morgan fingerprint density at radius 2 is 1.76 bits per heavy atom. The molecule has 1 saturated carbocycles. The minimum absolute atomic E-state index is 0.187. The highest BCUT2D eigenvalue weighted by Gasteiger charge is 2.42. The molecule has 0 radical (unpaired) electrons. The van der Waals surface area contributed by atoms with Crippen molar-refractivity contribution in [2.45, 2.75) is 89.6 Å². The second-order valence-electron chi connectivity index (χ2n) is 9.60. The minimum Gasteiger partial charge on any atom is -0.296 e. The summed E-state index contributed by atoms with van der Waals surface area (Å²) in [7, 11) is 0. The van der Waals surface area contributed by atoms with Crippen LogP contribution < -0.4 is 0 Å². The summed E-state index contributed by atoms with van der Waals surface area (Å²) in [6.07, 6.45) is 8.96.